The van der Waals surface area contributed by atoms with Gasteiger partial charge in [0.2, 0.25) is 0 Å². The predicted molar refractivity (Wildman–Crippen MR) is 82.5 cm³/mol. The molecule has 0 aliphatic carbocycles. The van der Waals surface area contributed by atoms with E-state index in [0.717, 1.165) is 15.8 Å². The van der Waals surface area contributed by atoms with Crippen molar-refractivity contribution in [2.75, 3.05) is 0 Å². The summed E-state index contributed by atoms with van der Waals surface area (Å²) in [5, 5.41) is 1.18. The van der Waals surface area contributed by atoms with E-state index in [1.165, 1.54) is 18.2 Å². The maximum Gasteiger partial charge on any atom is 0.123 e. The van der Waals surface area contributed by atoms with Crippen LogP contribution in [0.15, 0.2) is 40.9 Å². The van der Waals surface area contributed by atoms with Gasteiger partial charge in [-0.2, -0.15) is 0 Å². The minimum absolute atomic E-state index is 0.234. The number of halogens is 4. The molecule has 0 heterocycles. The van der Waals surface area contributed by atoms with E-state index in [1.807, 2.05) is 18.2 Å². The number of rotatable bonds is 4. The fourth-order valence-electron chi connectivity index (χ4n) is 1.60. The molecule has 5 heteroatoms. The Morgan fingerprint density at radius 3 is 2.63 bits per heavy atom. The zero-order valence-electron chi connectivity index (χ0n) is 9.80. The van der Waals surface area contributed by atoms with Crippen LogP contribution in [0.3, 0.4) is 0 Å². The summed E-state index contributed by atoms with van der Waals surface area (Å²) in [6.45, 7) is 0.234. The number of ether oxygens (including phenoxy) is 1. The Balaban J connectivity index is 2.16. The largest absolute Gasteiger partial charge is 0.489 e. The maximum atomic E-state index is 13.1. The number of hydrogen-bond donors (Lipinski definition) is 0. The molecule has 0 amide bonds. The first kappa shape index (κ1) is 14.8. The SMILES string of the molecule is Fc1ccc(Cl)c(COc2ccc(Br)cc2CBr)c1. The van der Waals surface area contributed by atoms with Crippen LogP contribution in [0.2, 0.25) is 5.02 Å². The molecular formula is C14H10Br2ClFO. The summed E-state index contributed by atoms with van der Waals surface area (Å²) >= 11 is 12.8. The predicted octanol–water partition coefficient (Wildman–Crippen LogP) is 5.72. The van der Waals surface area contributed by atoms with Gasteiger partial charge in [0, 0.05) is 26.0 Å². The first-order chi connectivity index (χ1) is 9.10. The average molecular weight is 408 g/mol. The van der Waals surface area contributed by atoms with Gasteiger partial charge in [0.25, 0.3) is 0 Å². The number of hydrogen-bond acceptors (Lipinski definition) is 1. The molecule has 0 spiro atoms. The van der Waals surface area contributed by atoms with Crippen LogP contribution >= 0.6 is 43.5 Å². The molecule has 0 saturated heterocycles. The minimum Gasteiger partial charge on any atom is -0.489 e. The van der Waals surface area contributed by atoms with Crippen molar-refractivity contribution >= 4 is 43.5 Å². The summed E-state index contributed by atoms with van der Waals surface area (Å²) < 4.78 is 19.8. The minimum atomic E-state index is -0.320. The molecule has 0 bridgehead atoms. The first-order valence-corrected chi connectivity index (χ1v) is 7.80. The van der Waals surface area contributed by atoms with E-state index < -0.39 is 0 Å². The molecule has 0 aromatic heterocycles. The van der Waals surface area contributed by atoms with Crippen LogP contribution in [0.25, 0.3) is 0 Å². The third-order valence-corrected chi connectivity index (χ3v) is 4.02. The first-order valence-electron chi connectivity index (χ1n) is 5.51. The van der Waals surface area contributed by atoms with E-state index in [1.54, 1.807) is 0 Å². The van der Waals surface area contributed by atoms with E-state index >= 15 is 0 Å². The molecule has 1 nitrogen and oxygen atoms in total. The lowest BCUT2D eigenvalue weighted by molar-refractivity contribution is 0.303. The van der Waals surface area contributed by atoms with Gasteiger partial charge in [0.1, 0.15) is 18.2 Å². The highest BCUT2D eigenvalue weighted by Crippen LogP contribution is 2.27. The smallest absolute Gasteiger partial charge is 0.123 e. The van der Waals surface area contributed by atoms with Gasteiger partial charge in [0.05, 0.1) is 0 Å². The molecule has 0 aliphatic heterocycles. The summed E-state index contributed by atoms with van der Waals surface area (Å²) in [6, 6.07) is 9.98. The Bertz CT molecular complexity index is 590. The Labute approximate surface area is 133 Å². The van der Waals surface area contributed by atoms with Crippen molar-refractivity contribution in [3.05, 3.63) is 62.8 Å². The van der Waals surface area contributed by atoms with Crippen LogP contribution in [0, 0.1) is 5.82 Å². The second-order valence-corrected chi connectivity index (χ2v) is 5.79. The van der Waals surface area contributed by atoms with Crippen molar-refractivity contribution in [2.45, 2.75) is 11.9 Å². The Kier molecular flexibility index (Phi) is 5.25. The standard InChI is InChI=1S/C14H10Br2ClFO/c15-7-9-5-11(16)1-4-14(9)19-8-10-6-12(18)2-3-13(10)17/h1-6H,7-8H2. The van der Waals surface area contributed by atoms with Gasteiger partial charge in [-0.1, -0.05) is 43.5 Å². The zero-order valence-corrected chi connectivity index (χ0v) is 13.7. The highest BCUT2D eigenvalue weighted by molar-refractivity contribution is 9.10. The van der Waals surface area contributed by atoms with Crippen LogP contribution < -0.4 is 4.74 Å². The highest BCUT2D eigenvalue weighted by atomic mass is 79.9. The highest BCUT2D eigenvalue weighted by Gasteiger charge is 2.07. The summed E-state index contributed by atoms with van der Waals surface area (Å²) in [4.78, 5) is 0. The Morgan fingerprint density at radius 1 is 1.11 bits per heavy atom. The molecule has 0 fully saturated rings. The van der Waals surface area contributed by atoms with Crippen molar-refractivity contribution < 1.29 is 9.13 Å². The van der Waals surface area contributed by atoms with Crippen LogP contribution in [0.1, 0.15) is 11.1 Å². The van der Waals surface area contributed by atoms with Gasteiger partial charge in [0.15, 0.2) is 0 Å². The van der Waals surface area contributed by atoms with Crippen molar-refractivity contribution in [1.29, 1.82) is 0 Å². The lowest BCUT2D eigenvalue weighted by atomic mass is 10.2. The monoisotopic (exact) mass is 406 g/mol. The van der Waals surface area contributed by atoms with E-state index in [4.69, 9.17) is 16.3 Å². The summed E-state index contributed by atoms with van der Waals surface area (Å²) in [5.41, 5.74) is 1.65. The molecule has 0 N–H and O–H groups in total. The normalized spacial score (nSPS) is 10.5. The molecule has 0 aliphatic rings. The topological polar surface area (TPSA) is 9.23 Å². The third kappa shape index (κ3) is 3.94. The van der Waals surface area contributed by atoms with Gasteiger partial charge >= 0.3 is 0 Å². The molecule has 2 rings (SSSR count). The molecule has 0 unspecified atom stereocenters. The van der Waals surface area contributed by atoms with E-state index in [0.29, 0.717) is 15.9 Å². The van der Waals surface area contributed by atoms with E-state index in [9.17, 15) is 4.39 Å². The number of alkyl halides is 1. The van der Waals surface area contributed by atoms with Gasteiger partial charge < -0.3 is 4.74 Å². The molecule has 0 atom stereocenters. The average Bonchev–Trinajstić information content (AvgIpc) is 2.40. The van der Waals surface area contributed by atoms with Crippen LogP contribution in [0.4, 0.5) is 4.39 Å². The van der Waals surface area contributed by atoms with Crippen molar-refractivity contribution in [2.24, 2.45) is 0 Å². The zero-order chi connectivity index (χ0) is 13.8. The van der Waals surface area contributed by atoms with E-state index in [2.05, 4.69) is 31.9 Å². The second-order valence-electron chi connectivity index (χ2n) is 3.91. The third-order valence-electron chi connectivity index (χ3n) is 2.56. The lowest BCUT2D eigenvalue weighted by Crippen LogP contribution is -1.99. The van der Waals surface area contributed by atoms with Gasteiger partial charge in [-0.05, 0) is 36.4 Å². The van der Waals surface area contributed by atoms with Crippen LogP contribution in [0.5, 0.6) is 5.75 Å². The number of benzene rings is 2. The molecule has 19 heavy (non-hydrogen) atoms. The van der Waals surface area contributed by atoms with Crippen molar-refractivity contribution in [3.8, 4) is 5.75 Å². The van der Waals surface area contributed by atoms with Gasteiger partial charge in [-0.25, -0.2) is 4.39 Å². The molecular weight excluding hydrogens is 398 g/mol. The molecule has 0 saturated carbocycles. The van der Waals surface area contributed by atoms with Crippen molar-refractivity contribution in [3.63, 3.8) is 0 Å². The van der Waals surface area contributed by atoms with Crippen LogP contribution in [-0.2, 0) is 11.9 Å². The molecule has 0 radical (unpaired) electrons. The van der Waals surface area contributed by atoms with E-state index in [-0.39, 0.29) is 12.4 Å². The quantitative estimate of drug-likeness (QED) is 0.589. The van der Waals surface area contributed by atoms with Crippen molar-refractivity contribution in [1.82, 2.24) is 0 Å². The van der Waals surface area contributed by atoms with Gasteiger partial charge in [-0.3, -0.25) is 0 Å². The Hall–Kier alpha value is -0.580. The lowest BCUT2D eigenvalue weighted by Gasteiger charge is -2.11. The fourth-order valence-corrected chi connectivity index (χ4v) is 2.62. The molecule has 100 valence electrons. The van der Waals surface area contributed by atoms with Gasteiger partial charge in [-0.15, -0.1) is 0 Å². The molecule has 2 aromatic rings. The summed E-state index contributed by atoms with van der Waals surface area (Å²) in [6.07, 6.45) is 0. The second kappa shape index (κ2) is 6.73. The molecule has 2 aromatic carbocycles. The Morgan fingerprint density at radius 2 is 1.89 bits per heavy atom. The summed E-state index contributed by atoms with van der Waals surface area (Å²) in [7, 11) is 0. The van der Waals surface area contributed by atoms with Crippen LogP contribution in [-0.4, -0.2) is 0 Å². The fraction of sp³-hybridized carbons (Fsp3) is 0.143. The maximum absolute atomic E-state index is 13.1. The summed E-state index contributed by atoms with van der Waals surface area (Å²) in [5.74, 6) is 0.430.